The molecule has 3 amide bonds. The number of nitrogens with two attached hydrogens (primary N) is 1. The number of imide groups is 1. The predicted octanol–water partition coefficient (Wildman–Crippen LogP) is -0.561. The van der Waals surface area contributed by atoms with Crippen molar-refractivity contribution in [2.45, 2.75) is 32.2 Å². The van der Waals surface area contributed by atoms with Gasteiger partial charge in [-0.15, -0.1) is 12.4 Å². The van der Waals surface area contributed by atoms with Crippen LogP contribution in [-0.2, 0) is 14.4 Å². The highest BCUT2D eigenvalue weighted by Crippen LogP contribution is 2.13. The third kappa shape index (κ3) is 4.93. The van der Waals surface area contributed by atoms with Gasteiger partial charge < -0.3 is 10.6 Å². The van der Waals surface area contributed by atoms with Crippen molar-refractivity contribution in [1.29, 1.82) is 0 Å². The third-order valence-electron chi connectivity index (χ3n) is 3.80. The van der Waals surface area contributed by atoms with E-state index >= 15 is 0 Å². The van der Waals surface area contributed by atoms with Crippen LogP contribution in [0.15, 0.2) is 0 Å². The van der Waals surface area contributed by atoms with Crippen molar-refractivity contribution in [2.75, 3.05) is 39.3 Å². The lowest BCUT2D eigenvalue weighted by atomic mass is 10.1. The Bertz CT molecular complexity index is 426. The monoisotopic (exact) mass is 332 g/mol. The van der Waals surface area contributed by atoms with Crippen molar-refractivity contribution >= 4 is 30.1 Å². The summed E-state index contributed by atoms with van der Waals surface area (Å²) >= 11 is 0. The second-order valence-corrected chi connectivity index (χ2v) is 6.52. The van der Waals surface area contributed by atoms with Gasteiger partial charge in [0, 0.05) is 51.1 Å². The van der Waals surface area contributed by atoms with Crippen molar-refractivity contribution in [2.24, 2.45) is 5.73 Å². The van der Waals surface area contributed by atoms with Gasteiger partial charge in [0.2, 0.25) is 17.7 Å². The molecule has 0 spiro atoms. The van der Waals surface area contributed by atoms with Gasteiger partial charge in [-0.2, -0.15) is 0 Å². The minimum absolute atomic E-state index is 0. The molecule has 2 saturated heterocycles. The number of carbonyl (C=O) groups is 3. The van der Waals surface area contributed by atoms with Gasteiger partial charge in [-0.1, -0.05) is 0 Å². The number of nitrogens with zero attached hydrogens (tertiary/aromatic N) is 3. The number of amides is 3. The zero-order chi connectivity index (χ0) is 15.6. The molecule has 7 nitrogen and oxygen atoms in total. The number of halogens is 1. The maximum atomic E-state index is 12.2. The average molecular weight is 333 g/mol. The number of likely N-dealkylation sites (tertiary alicyclic amines) is 1. The summed E-state index contributed by atoms with van der Waals surface area (Å²) in [6.45, 7) is 7.42. The molecule has 2 heterocycles. The normalized spacial score (nSPS) is 20.3. The van der Waals surface area contributed by atoms with E-state index in [1.807, 2.05) is 13.8 Å². The zero-order valence-electron chi connectivity index (χ0n) is 13.2. The smallest absolute Gasteiger partial charge is 0.242 e. The largest absolute Gasteiger partial charge is 0.339 e. The molecule has 0 saturated carbocycles. The maximum absolute atomic E-state index is 12.2. The third-order valence-corrected chi connectivity index (χ3v) is 3.80. The van der Waals surface area contributed by atoms with E-state index in [1.165, 1.54) is 0 Å². The van der Waals surface area contributed by atoms with Gasteiger partial charge in [0.25, 0.3) is 0 Å². The molecule has 0 aliphatic carbocycles. The summed E-state index contributed by atoms with van der Waals surface area (Å²) in [7, 11) is 0. The molecule has 0 aromatic rings. The number of rotatable bonds is 4. The molecule has 0 aromatic heterocycles. The van der Waals surface area contributed by atoms with Crippen LogP contribution in [0.1, 0.15) is 26.7 Å². The first-order valence-corrected chi connectivity index (χ1v) is 7.38. The van der Waals surface area contributed by atoms with Gasteiger partial charge in [-0.3, -0.25) is 24.2 Å². The van der Waals surface area contributed by atoms with E-state index < -0.39 is 0 Å². The topological polar surface area (TPSA) is 86.9 Å². The van der Waals surface area contributed by atoms with Crippen LogP contribution >= 0.6 is 12.4 Å². The van der Waals surface area contributed by atoms with Crippen molar-refractivity contribution in [1.82, 2.24) is 14.7 Å². The van der Waals surface area contributed by atoms with Gasteiger partial charge in [0.05, 0.1) is 0 Å². The SMILES string of the molecule is CC(C)(N)CN1CCN(C(=O)CN2C(=O)CCC2=O)CC1.Cl. The first-order chi connectivity index (χ1) is 9.76. The van der Waals surface area contributed by atoms with Crippen LogP contribution in [0.25, 0.3) is 0 Å². The van der Waals surface area contributed by atoms with Crippen LogP contribution < -0.4 is 5.73 Å². The summed E-state index contributed by atoms with van der Waals surface area (Å²) in [5, 5.41) is 0. The average Bonchev–Trinajstić information content (AvgIpc) is 2.69. The molecule has 0 bridgehead atoms. The first-order valence-electron chi connectivity index (χ1n) is 7.38. The van der Waals surface area contributed by atoms with Gasteiger partial charge >= 0.3 is 0 Å². The van der Waals surface area contributed by atoms with E-state index in [0.717, 1.165) is 24.5 Å². The zero-order valence-corrected chi connectivity index (χ0v) is 14.0. The van der Waals surface area contributed by atoms with Crippen molar-refractivity contribution in [3.05, 3.63) is 0 Å². The summed E-state index contributed by atoms with van der Waals surface area (Å²) in [5.41, 5.74) is 5.75. The molecule has 2 fully saturated rings. The maximum Gasteiger partial charge on any atom is 0.242 e. The Kier molecular flexibility index (Phi) is 6.34. The highest BCUT2D eigenvalue weighted by atomic mass is 35.5. The first kappa shape index (κ1) is 18.9. The minimum Gasteiger partial charge on any atom is -0.339 e. The van der Waals surface area contributed by atoms with Crippen LogP contribution in [0.3, 0.4) is 0 Å². The number of hydrogen-bond donors (Lipinski definition) is 1. The molecular weight excluding hydrogens is 308 g/mol. The molecule has 2 N–H and O–H groups in total. The number of carbonyl (C=O) groups excluding carboxylic acids is 3. The van der Waals surface area contributed by atoms with Crippen LogP contribution in [-0.4, -0.2) is 77.2 Å². The predicted molar refractivity (Wildman–Crippen MR) is 84.5 cm³/mol. The highest BCUT2D eigenvalue weighted by molar-refractivity contribution is 6.04. The Hall–Kier alpha value is -1.18. The number of hydrogen-bond acceptors (Lipinski definition) is 5. The Balaban J connectivity index is 0.00000242. The van der Waals surface area contributed by atoms with E-state index in [4.69, 9.17) is 5.73 Å². The van der Waals surface area contributed by atoms with Crippen LogP contribution in [0.4, 0.5) is 0 Å². The summed E-state index contributed by atoms with van der Waals surface area (Å²) in [4.78, 5) is 40.3. The fraction of sp³-hybridized carbons (Fsp3) is 0.786. The molecule has 0 radical (unpaired) electrons. The van der Waals surface area contributed by atoms with Crippen molar-refractivity contribution < 1.29 is 14.4 Å². The molecule has 2 aliphatic heterocycles. The molecule has 126 valence electrons. The molecule has 2 rings (SSSR count). The second kappa shape index (κ2) is 7.39. The Labute approximate surface area is 137 Å². The summed E-state index contributed by atoms with van der Waals surface area (Å²) in [5.74, 6) is -0.626. The Morgan fingerprint density at radius 1 is 1.09 bits per heavy atom. The van der Waals surface area contributed by atoms with Crippen LogP contribution in [0.5, 0.6) is 0 Å². The van der Waals surface area contributed by atoms with E-state index in [9.17, 15) is 14.4 Å². The lowest BCUT2D eigenvalue weighted by Crippen LogP contribution is -2.55. The second-order valence-electron chi connectivity index (χ2n) is 6.52. The highest BCUT2D eigenvalue weighted by Gasteiger charge is 2.32. The molecule has 8 heteroatoms. The Morgan fingerprint density at radius 2 is 1.59 bits per heavy atom. The summed E-state index contributed by atoms with van der Waals surface area (Å²) in [6.07, 6.45) is 0.455. The van der Waals surface area contributed by atoms with Crippen molar-refractivity contribution in [3.63, 3.8) is 0 Å². The van der Waals surface area contributed by atoms with E-state index in [-0.39, 0.29) is 55.1 Å². The van der Waals surface area contributed by atoms with Gasteiger partial charge in [-0.25, -0.2) is 0 Å². The number of piperazine rings is 1. The van der Waals surface area contributed by atoms with E-state index in [1.54, 1.807) is 4.90 Å². The fourth-order valence-corrected chi connectivity index (χ4v) is 2.77. The molecular formula is C14H25ClN4O3. The van der Waals surface area contributed by atoms with E-state index in [2.05, 4.69) is 4.90 Å². The fourth-order valence-electron chi connectivity index (χ4n) is 2.77. The molecule has 22 heavy (non-hydrogen) atoms. The molecule has 0 atom stereocenters. The van der Waals surface area contributed by atoms with Gasteiger partial charge in [-0.05, 0) is 13.8 Å². The lowest BCUT2D eigenvalue weighted by molar-refractivity contribution is -0.146. The standard InChI is InChI=1S/C14H24N4O3.ClH/c1-14(2,15)10-16-5-7-17(8-6-16)13(21)9-18-11(19)3-4-12(18)20;/h3-10,15H2,1-2H3;1H. The van der Waals surface area contributed by atoms with Gasteiger partial charge in [0.1, 0.15) is 6.54 Å². The molecule has 0 aromatic carbocycles. The van der Waals surface area contributed by atoms with Crippen LogP contribution in [0, 0.1) is 0 Å². The quantitative estimate of drug-likeness (QED) is 0.697. The van der Waals surface area contributed by atoms with Crippen LogP contribution in [0.2, 0.25) is 0 Å². The lowest BCUT2D eigenvalue weighted by Gasteiger charge is -2.38. The summed E-state index contributed by atoms with van der Waals surface area (Å²) in [6, 6.07) is 0. The Morgan fingerprint density at radius 3 is 2.05 bits per heavy atom. The molecule has 2 aliphatic rings. The molecule has 0 unspecified atom stereocenters. The van der Waals surface area contributed by atoms with E-state index in [0.29, 0.717) is 13.1 Å². The summed E-state index contributed by atoms with van der Waals surface area (Å²) < 4.78 is 0. The van der Waals surface area contributed by atoms with Crippen molar-refractivity contribution in [3.8, 4) is 0 Å². The van der Waals surface area contributed by atoms with Gasteiger partial charge in [0.15, 0.2) is 0 Å². The minimum atomic E-state index is -0.249.